The van der Waals surface area contributed by atoms with Crippen molar-refractivity contribution in [2.45, 2.75) is 0 Å². The molecule has 5 heteroatoms. The molecule has 0 saturated carbocycles. The van der Waals surface area contributed by atoms with Crippen LogP contribution in [0.15, 0.2) is 29.1 Å². The number of piperazine rings is 1. The summed E-state index contributed by atoms with van der Waals surface area (Å²) < 4.78 is 14.0. The molecule has 4 nitrogen and oxygen atoms in total. The highest BCUT2D eigenvalue weighted by Gasteiger charge is 2.13. The number of rotatable bonds is 1. The molecule has 0 aliphatic carbocycles. The maximum Gasteiger partial charge on any atom is 0.248 e. The number of nitrogens with zero attached hydrogens (tertiary/aromatic N) is 1. The molecule has 1 aliphatic heterocycles. The molecular formula is C13H14FN3O. The largest absolute Gasteiger partial charge is 0.369 e. The normalized spacial score (nSPS) is 16.2. The van der Waals surface area contributed by atoms with Gasteiger partial charge in [0.05, 0.1) is 5.52 Å². The molecule has 3 rings (SSSR count). The molecule has 2 heterocycles. The average molecular weight is 247 g/mol. The van der Waals surface area contributed by atoms with Crippen molar-refractivity contribution < 1.29 is 4.39 Å². The summed E-state index contributed by atoms with van der Waals surface area (Å²) in [5.41, 5.74) is 1.17. The summed E-state index contributed by atoms with van der Waals surface area (Å²) in [4.78, 5) is 16.1. The minimum atomic E-state index is -0.294. The number of hydrogen-bond donors (Lipinski definition) is 2. The first-order valence-electron chi connectivity index (χ1n) is 6.02. The minimum absolute atomic E-state index is 0.209. The van der Waals surface area contributed by atoms with E-state index in [0.717, 1.165) is 31.9 Å². The van der Waals surface area contributed by atoms with Crippen molar-refractivity contribution in [3.05, 3.63) is 40.4 Å². The second kappa shape index (κ2) is 4.42. The van der Waals surface area contributed by atoms with Crippen LogP contribution in [0.1, 0.15) is 0 Å². The molecule has 94 valence electrons. The lowest BCUT2D eigenvalue weighted by Crippen LogP contribution is -2.43. The van der Waals surface area contributed by atoms with Gasteiger partial charge in [0.25, 0.3) is 0 Å². The SMILES string of the molecule is O=c1ccc2c(F)cc(N3CCNCC3)cc2[nH]1. The summed E-state index contributed by atoms with van der Waals surface area (Å²) in [7, 11) is 0. The number of benzene rings is 1. The third-order valence-corrected chi connectivity index (χ3v) is 3.26. The maximum absolute atomic E-state index is 14.0. The van der Waals surface area contributed by atoms with E-state index in [1.165, 1.54) is 18.2 Å². The lowest BCUT2D eigenvalue weighted by atomic mass is 10.1. The van der Waals surface area contributed by atoms with Crippen LogP contribution in [0, 0.1) is 5.82 Å². The molecule has 0 bridgehead atoms. The van der Waals surface area contributed by atoms with Gasteiger partial charge in [0.2, 0.25) is 5.56 Å². The van der Waals surface area contributed by atoms with Crippen molar-refractivity contribution >= 4 is 16.6 Å². The van der Waals surface area contributed by atoms with Gasteiger partial charge in [-0.25, -0.2) is 4.39 Å². The van der Waals surface area contributed by atoms with E-state index in [2.05, 4.69) is 15.2 Å². The van der Waals surface area contributed by atoms with Crippen molar-refractivity contribution in [2.24, 2.45) is 0 Å². The predicted molar refractivity (Wildman–Crippen MR) is 69.6 cm³/mol. The summed E-state index contributed by atoms with van der Waals surface area (Å²) in [6, 6.07) is 6.23. The van der Waals surface area contributed by atoms with Crippen molar-refractivity contribution in [2.75, 3.05) is 31.1 Å². The fourth-order valence-corrected chi connectivity index (χ4v) is 2.32. The molecule has 1 fully saturated rings. The Hall–Kier alpha value is -1.88. The van der Waals surface area contributed by atoms with Crippen LogP contribution in [0.3, 0.4) is 0 Å². The van der Waals surface area contributed by atoms with Crippen LogP contribution < -0.4 is 15.8 Å². The Morgan fingerprint density at radius 2 is 1.94 bits per heavy atom. The highest BCUT2D eigenvalue weighted by Crippen LogP contribution is 2.23. The Balaban J connectivity index is 2.10. The second-order valence-corrected chi connectivity index (χ2v) is 4.45. The Labute approximate surface area is 103 Å². The average Bonchev–Trinajstić information content (AvgIpc) is 2.39. The lowest BCUT2D eigenvalue weighted by Gasteiger charge is -2.29. The number of anilines is 1. The number of fused-ring (bicyclic) bond motifs is 1. The van der Waals surface area contributed by atoms with E-state index in [0.29, 0.717) is 10.9 Å². The van der Waals surface area contributed by atoms with Crippen LogP contribution in [0.25, 0.3) is 10.9 Å². The van der Waals surface area contributed by atoms with E-state index in [1.54, 1.807) is 0 Å². The Bertz CT molecular complexity index is 632. The summed E-state index contributed by atoms with van der Waals surface area (Å²) >= 11 is 0. The summed E-state index contributed by atoms with van der Waals surface area (Å²) in [5, 5.41) is 3.70. The van der Waals surface area contributed by atoms with E-state index in [1.807, 2.05) is 6.07 Å². The molecule has 2 aromatic rings. The van der Waals surface area contributed by atoms with Gasteiger partial charge in [0, 0.05) is 43.3 Å². The lowest BCUT2D eigenvalue weighted by molar-refractivity contribution is 0.586. The molecule has 0 radical (unpaired) electrons. The number of aromatic nitrogens is 1. The standard InChI is InChI=1S/C13H14FN3O/c14-11-7-9(17-5-3-15-4-6-17)8-12-10(11)1-2-13(18)16-12/h1-2,7-8,15H,3-6H2,(H,16,18). The van der Waals surface area contributed by atoms with E-state index in [-0.39, 0.29) is 11.4 Å². The first kappa shape index (κ1) is 11.2. The Morgan fingerprint density at radius 1 is 1.17 bits per heavy atom. The fraction of sp³-hybridized carbons (Fsp3) is 0.308. The van der Waals surface area contributed by atoms with Gasteiger partial charge in [0.15, 0.2) is 0 Å². The molecule has 18 heavy (non-hydrogen) atoms. The number of hydrogen-bond acceptors (Lipinski definition) is 3. The van der Waals surface area contributed by atoms with Crippen LogP contribution in [-0.4, -0.2) is 31.2 Å². The zero-order valence-corrected chi connectivity index (χ0v) is 9.87. The molecular weight excluding hydrogens is 233 g/mol. The molecule has 1 aromatic heterocycles. The van der Waals surface area contributed by atoms with Crippen LogP contribution >= 0.6 is 0 Å². The van der Waals surface area contributed by atoms with Gasteiger partial charge >= 0.3 is 0 Å². The van der Waals surface area contributed by atoms with E-state index < -0.39 is 0 Å². The van der Waals surface area contributed by atoms with Gasteiger partial charge in [-0.05, 0) is 18.2 Å². The fourth-order valence-electron chi connectivity index (χ4n) is 2.32. The second-order valence-electron chi connectivity index (χ2n) is 4.45. The van der Waals surface area contributed by atoms with Gasteiger partial charge in [-0.3, -0.25) is 4.79 Å². The van der Waals surface area contributed by atoms with Gasteiger partial charge in [-0.1, -0.05) is 0 Å². The topological polar surface area (TPSA) is 48.1 Å². The van der Waals surface area contributed by atoms with E-state index in [4.69, 9.17) is 0 Å². The van der Waals surface area contributed by atoms with Crippen LogP contribution in [0.5, 0.6) is 0 Å². The zero-order chi connectivity index (χ0) is 12.5. The predicted octanol–water partition coefficient (Wildman–Crippen LogP) is 1.08. The summed E-state index contributed by atoms with van der Waals surface area (Å²) in [5.74, 6) is -0.294. The highest BCUT2D eigenvalue weighted by molar-refractivity contribution is 5.82. The van der Waals surface area contributed by atoms with Gasteiger partial charge in [-0.15, -0.1) is 0 Å². The molecule has 0 atom stereocenters. The van der Waals surface area contributed by atoms with E-state index >= 15 is 0 Å². The van der Waals surface area contributed by atoms with Crippen LogP contribution in [-0.2, 0) is 0 Å². The maximum atomic E-state index is 14.0. The van der Waals surface area contributed by atoms with Crippen LogP contribution in [0.4, 0.5) is 10.1 Å². The third kappa shape index (κ3) is 1.97. The molecule has 0 spiro atoms. The minimum Gasteiger partial charge on any atom is -0.369 e. The van der Waals surface area contributed by atoms with Crippen molar-refractivity contribution in [1.29, 1.82) is 0 Å². The van der Waals surface area contributed by atoms with E-state index in [9.17, 15) is 9.18 Å². The first-order chi connectivity index (χ1) is 8.74. The van der Waals surface area contributed by atoms with Crippen molar-refractivity contribution in [3.63, 3.8) is 0 Å². The van der Waals surface area contributed by atoms with Crippen LogP contribution in [0.2, 0.25) is 0 Å². The molecule has 0 amide bonds. The molecule has 1 aliphatic rings. The van der Waals surface area contributed by atoms with Gasteiger partial charge in [-0.2, -0.15) is 0 Å². The smallest absolute Gasteiger partial charge is 0.248 e. The van der Waals surface area contributed by atoms with Gasteiger partial charge < -0.3 is 15.2 Å². The first-order valence-corrected chi connectivity index (χ1v) is 6.02. The van der Waals surface area contributed by atoms with Crippen molar-refractivity contribution in [3.8, 4) is 0 Å². The third-order valence-electron chi connectivity index (χ3n) is 3.26. The number of aromatic amines is 1. The molecule has 1 aromatic carbocycles. The van der Waals surface area contributed by atoms with Crippen molar-refractivity contribution in [1.82, 2.24) is 10.3 Å². The number of H-pyrrole nitrogens is 1. The quantitative estimate of drug-likeness (QED) is 0.792. The number of pyridine rings is 1. The zero-order valence-electron chi connectivity index (χ0n) is 9.87. The molecule has 1 saturated heterocycles. The Kier molecular flexibility index (Phi) is 2.76. The Morgan fingerprint density at radius 3 is 2.72 bits per heavy atom. The monoisotopic (exact) mass is 247 g/mol. The molecule has 0 unspecified atom stereocenters. The number of nitrogens with one attached hydrogen (secondary N) is 2. The van der Waals surface area contributed by atoms with Gasteiger partial charge in [0.1, 0.15) is 5.82 Å². The number of halogens is 1. The summed E-state index contributed by atoms with van der Waals surface area (Å²) in [6.07, 6.45) is 0. The summed E-state index contributed by atoms with van der Waals surface area (Å²) in [6.45, 7) is 3.49. The molecule has 2 N–H and O–H groups in total. The highest BCUT2D eigenvalue weighted by atomic mass is 19.1.